The second-order valence-corrected chi connectivity index (χ2v) is 8.87. The highest BCUT2D eigenvalue weighted by atomic mass is 35.5. The van der Waals surface area contributed by atoms with Crippen LogP contribution in [0.3, 0.4) is 0 Å². The predicted molar refractivity (Wildman–Crippen MR) is 109 cm³/mol. The first-order valence-corrected chi connectivity index (χ1v) is 10.9. The number of rotatable bonds is 6. The molecule has 0 bridgehead atoms. The number of anilines is 1. The molecule has 0 spiro atoms. The van der Waals surface area contributed by atoms with Gasteiger partial charge in [0.25, 0.3) is 5.91 Å². The van der Waals surface area contributed by atoms with Crippen LogP contribution in [0.25, 0.3) is 0 Å². The van der Waals surface area contributed by atoms with E-state index in [0.717, 1.165) is 0 Å². The van der Waals surface area contributed by atoms with E-state index in [1.165, 1.54) is 40.7 Å². The molecule has 160 valence electrons. The molecule has 0 radical (unpaired) electrons. The minimum Gasteiger partial charge on any atom is -0.451 e. The number of aromatic nitrogens is 1. The van der Waals surface area contributed by atoms with E-state index in [1.54, 1.807) is 0 Å². The maximum absolute atomic E-state index is 12.7. The zero-order valence-electron chi connectivity index (χ0n) is 15.5. The fourth-order valence-electron chi connectivity index (χ4n) is 2.63. The van der Waals surface area contributed by atoms with Crippen molar-refractivity contribution in [2.75, 3.05) is 38.2 Å². The van der Waals surface area contributed by atoms with E-state index in [4.69, 9.17) is 32.7 Å². The van der Waals surface area contributed by atoms with E-state index in [0.29, 0.717) is 13.2 Å². The van der Waals surface area contributed by atoms with Crippen LogP contribution in [0.4, 0.5) is 5.69 Å². The highest BCUT2D eigenvalue weighted by Gasteiger charge is 2.26. The molecule has 9 nitrogen and oxygen atoms in total. The van der Waals surface area contributed by atoms with Gasteiger partial charge in [-0.1, -0.05) is 29.3 Å². The average molecular weight is 474 g/mol. The molecule has 12 heteroatoms. The Morgan fingerprint density at radius 1 is 1.17 bits per heavy atom. The van der Waals surface area contributed by atoms with E-state index in [-0.39, 0.29) is 39.5 Å². The first-order chi connectivity index (χ1) is 14.3. The summed E-state index contributed by atoms with van der Waals surface area (Å²) in [5.41, 5.74) is 0.0277. The van der Waals surface area contributed by atoms with Crippen LogP contribution in [0.15, 0.2) is 41.3 Å². The molecule has 1 amide bonds. The third-order valence-electron chi connectivity index (χ3n) is 4.07. The quantitative estimate of drug-likeness (QED) is 0.504. The molecule has 0 saturated carbocycles. The van der Waals surface area contributed by atoms with Crippen molar-refractivity contribution in [2.24, 2.45) is 0 Å². The number of nitrogens with one attached hydrogen (secondary N) is 1. The molecule has 1 fully saturated rings. The van der Waals surface area contributed by atoms with Crippen molar-refractivity contribution in [3.8, 4) is 0 Å². The first-order valence-electron chi connectivity index (χ1n) is 8.74. The van der Waals surface area contributed by atoms with Gasteiger partial charge in [0.15, 0.2) is 12.3 Å². The fourth-order valence-corrected chi connectivity index (χ4v) is 4.41. The summed E-state index contributed by atoms with van der Waals surface area (Å²) in [5.74, 6) is -1.58. The Bertz CT molecular complexity index is 1060. The number of carbonyl (C=O) groups is 2. The van der Waals surface area contributed by atoms with Crippen molar-refractivity contribution in [1.29, 1.82) is 0 Å². The van der Waals surface area contributed by atoms with Gasteiger partial charge in [0.1, 0.15) is 5.15 Å². The topological polar surface area (TPSA) is 115 Å². The lowest BCUT2D eigenvalue weighted by Gasteiger charge is -2.26. The number of sulfonamides is 1. The average Bonchev–Trinajstić information content (AvgIpc) is 2.74. The number of halogens is 2. The van der Waals surface area contributed by atoms with E-state index < -0.39 is 28.5 Å². The van der Waals surface area contributed by atoms with Crippen LogP contribution in [0, 0.1) is 0 Å². The molecule has 1 aromatic heterocycles. The number of carbonyl (C=O) groups excluding carboxylic acids is 2. The summed E-state index contributed by atoms with van der Waals surface area (Å²) >= 11 is 11.6. The van der Waals surface area contributed by atoms with Crippen LogP contribution in [0.2, 0.25) is 10.2 Å². The molecule has 2 heterocycles. The zero-order valence-corrected chi connectivity index (χ0v) is 17.8. The largest absolute Gasteiger partial charge is 0.451 e. The van der Waals surface area contributed by atoms with Gasteiger partial charge in [0.05, 0.1) is 23.1 Å². The Kier molecular flexibility index (Phi) is 7.27. The summed E-state index contributed by atoms with van der Waals surface area (Å²) < 4.78 is 36.8. The third kappa shape index (κ3) is 5.46. The van der Waals surface area contributed by atoms with Gasteiger partial charge >= 0.3 is 5.97 Å². The fraction of sp³-hybridized carbons (Fsp3) is 0.278. The van der Waals surface area contributed by atoms with Gasteiger partial charge in [0, 0.05) is 18.8 Å². The number of morpholine rings is 1. The molecule has 30 heavy (non-hydrogen) atoms. The van der Waals surface area contributed by atoms with Crippen LogP contribution in [0.5, 0.6) is 0 Å². The number of hydrogen-bond acceptors (Lipinski definition) is 7. The molecule has 3 rings (SSSR count). The van der Waals surface area contributed by atoms with Gasteiger partial charge in [-0.15, -0.1) is 0 Å². The summed E-state index contributed by atoms with van der Waals surface area (Å²) in [6.45, 7) is 0.548. The number of benzene rings is 1. The molecule has 0 atom stereocenters. The highest BCUT2D eigenvalue weighted by Crippen LogP contribution is 2.21. The molecular weight excluding hydrogens is 457 g/mol. The van der Waals surface area contributed by atoms with Crippen molar-refractivity contribution in [2.45, 2.75) is 4.90 Å². The van der Waals surface area contributed by atoms with Gasteiger partial charge in [-0.25, -0.2) is 18.2 Å². The summed E-state index contributed by atoms with van der Waals surface area (Å²) in [4.78, 5) is 28.0. The van der Waals surface area contributed by atoms with Crippen LogP contribution in [-0.4, -0.2) is 62.5 Å². The summed E-state index contributed by atoms with van der Waals surface area (Å²) in [5, 5.41) is 2.57. The Morgan fingerprint density at radius 2 is 1.90 bits per heavy atom. The number of pyridine rings is 1. The van der Waals surface area contributed by atoms with E-state index in [9.17, 15) is 18.0 Å². The minimum absolute atomic E-state index is 0.0332. The first kappa shape index (κ1) is 22.4. The molecule has 0 aliphatic carbocycles. The number of ether oxygens (including phenoxy) is 2. The van der Waals surface area contributed by atoms with Crippen LogP contribution in [-0.2, 0) is 24.3 Å². The molecular formula is C18H17Cl2N3O6S. The maximum atomic E-state index is 12.7. The standard InChI is InChI=1S/C18H17Cl2N3O6S/c19-14-4-5-15(20)22-17(14)18(25)29-11-16(24)21-12-2-1-3-13(10-12)30(26,27)23-6-8-28-9-7-23/h1-5,10H,6-9,11H2,(H,21,24). The predicted octanol–water partition coefficient (Wildman–Crippen LogP) is 2.20. The van der Waals surface area contributed by atoms with Crippen molar-refractivity contribution in [3.05, 3.63) is 52.3 Å². The lowest BCUT2D eigenvalue weighted by Crippen LogP contribution is -2.40. The molecule has 2 aromatic rings. The lowest BCUT2D eigenvalue weighted by molar-refractivity contribution is -0.119. The Balaban J connectivity index is 1.62. The monoisotopic (exact) mass is 473 g/mol. The van der Waals surface area contributed by atoms with E-state index in [2.05, 4.69) is 10.3 Å². The molecule has 1 saturated heterocycles. The molecule has 0 unspecified atom stereocenters. The van der Waals surface area contributed by atoms with Crippen molar-refractivity contribution < 1.29 is 27.5 Å². The number of nitrogens with zero attached hydrogens (tertiary/aromatic N) is 2. The normalized spacial score (nSPS) is 14.9. The van der Waals surface area contributed by atoms with Crippen LogP contribution >= 0.6 is 23.2 Å². The summed E-state index contributed by atoms with van der Waals surface area (Å²) in [7, 11) is -3.71. The SMILES string of the molecule is O=C(COC(=O)c1nc(Cl)ccc1Cl)Nc1cccc(S(=O)(=O)N2CCOCC2)c1. The molecule has 1 aliphatic rings. The number of hydrogen-bond donors (Lipinski definition) is 1. The summed E-state index contributed by atoms with van der Waals surface area (Å²) in [6.07, 6.45) is 0. The Labute approximate surface area is 182 Å². The van der Waals surface area contributed by atoms with E-state index in [1.807, 2.05) is 0 Å². The highest BCUT2D eigenvalue weighted by molar-refractivity contribution is 7.89. The van der Waals surface area contributed by atoms with Crippen LogP contribution < -0.4 is 5.32 Å². The Hall–Kier alpha value is -2.24. The molecule has 1 N–H and O–H groups in total. The van der Waals surface area contributed by atoms with Gasteiger partial charge in [0.2, 0.25) is 10.0 Å². The van der Waals surface area contributed by atoms with E-state index >= 15 is 0 Å². The van der Waals surface area contributed by atoms with Crippen molar-refractivity contribution >= 4 is 50.8 Å². The number of esters is 1. The number of amides is 1. The second-order valence-electron chi connectivity index (χ2n) is 6.13. The van der Waals surface area contributed by atoms with Crippen LogP contribution in [0.1, 0.15) is 10.5 Å². The molecule has 1 aliphatic heterocycles. The van der Waals surface area contributed by atoms with Gasteiger partial charge in [-0.05, 0) is 30.3 Å². The van der Waals surface area contributed by atoms with Gasteiger partial charge in [-0.3, -0.25) is 4.79 Å². The smallest absolute Gasteiger partial charge is 0.359 e. The van der Waals surface area contributed by atoms with Gasteiger partial charge < -0.3 is 14.8 Å². The van der Waals surface area contributed by atoms with Gasteiger partial charge in [-0.2, -0.15) is 4.31 Å². The van der Waals surface area contributed by atoms with Crippen molar-refractivity contribution in [1.82, 2.24) is 9.29 Å². The lowest BCUT2D eigenvalue weighted by atomic mass is 10.3. The van der Waals surface area contributed by atoms with Crippen molar-refractivity contribution in [3.63, 3.8) is 0 Å². The third-order valence-corrected chi connectivity index (χ3v) is 6.48. The molecule has 1 aromatic carbocycles. The minimum atomic E-state index is -3.71. The maximum Gasteiger partial charge on any atom is 0.359 e. The Morgan fingerprint density at radius 3 is 2.63 bits per heavy atom. The summed E-state index contributed by atoms with van der Waals surface area (Å²) in [6, 6.07) is 8.59. The second kappa shape index (κ2) is 9.71. The zero-order chi connectivity index (χ0) is 21.7.